The highest BCUT2D eigenvalue weighted by atomic mass is 19.1. The van der Waals surface area contributed by atoms with E-state index in [1.807, 2.05) is 0 Å². The molecule has 0 aliphatic carbocycles. The van der Waals surface area contributed by atoms with Crippen LogP contribution < -0.4 is 21.3 Å². The van der Waals surface area contributed by atoms with Crippen molar-refractivity contribution in [2.75, 3.05) is 6.61 Å². The first-order valence-electron chi connectivity index (χ1n) is 5.39. The second-order valence-electron chi connectivity index (χ2n) is 3.90. The third-order valence-electron chi connectivity index (χ3n) is 2.57. The van der Waals surface area contributed by atoms with Crippen LogP contribution >= 0.6 is 0 Å². The van der Waals surface area contributed by atoms with Gasteiger partial charge in [0, 0.05) is 6.04 Å². The van der Waals surface area contributed by atoms with Crippen molar-refractivity contribution in [2.24, 2.45) is 5.73 Å². The van der Waals surface area contributed by atoms with Gasteiger partial charge in [-0.05, 0) is 25.0 Å². The van der Waals surface area contributed by atoms with Crippen molar-refractivity contribution in [1.29, 1.82) is 0 Å². The minimum Gasteiger partial charge on any atom is -0.490 e. The minimum atomic E-state index is -0.322. The molecule has 0 saturated carbocycles. The average Bonchev–Trinajstić information content (AvgIpc) is 2.67. The Hall–Kier alpha value is -1.17. The van der Waals surface area contributed by atoms with Crippen LogP contribution in [0.5, 0.6) is 5.75 Å². The van der Waals surface area contributed by atoms with Crippen molar-refractivity contribution in [2.45, 2.75) is 25.0 Å². The first-order chi connectivity index (χ1) is 7.75. The molecule has 1 saturated heterocycles. The van der Waals surface area contributed by atoms with Crippen molar-refractivity contribution in [3.8, 4) is 5.75 Å². The lowest BCUT2D eigenvalue weighted by molar-refractivity contribution is 0.277. The highest BCUT2D eigenvalue weighted by Crippen LogP contribution is 2.16. The Morgan fingerprint density at radius 1 is 1.38 bits per heavy atom. The van der Waals surface area contributed by atoms with E-state index < -0.39 is 0 Å². The fourth-order valence-corrected chi connectivity index (χ4v) is 1.71. The van der Waals surface area contributed by atoms with E-state index in [-0.39, 0.29) is 12.0 Å². The number of hydrazine groups is 1. The van der Waals surface area contributed by atoms with Gasteiger partial charge < -0.3 is 10.5 Å². The number of benzene rings is 1. The molecular weight excluding hydrogens is 209 g/mol. The van der Waals surface area contributed by atoms with Crippen LogP contribution in [0.4, 0.5) is 4.39 Å². The van der Waals surface area contributed by atoms with Gasteiger partial charge in [-0.2, -0.15) is 0 Å². The average molecular weight is 225 g/mol. The normalized spacial score (nSPS) is 24.6. The maximum atomic E-state index is 13.2. The van der Waals surface area contributed by atoms with Crippen molar-refractivity contribution < 1.29 is 9.13 Å². The highest BCUT2D eigenvalue weighted by molar-refractivity contribution is 5.23. The molecule has 1 aromatic rings. The fraction of sp³-hybridized carbons (Fsp3) is 0.455. The first kappa shape index (κ1) is 11.3. The van der Waals surface area contributed by atoms with Gasteiger partial charge in [0.25, 0.3) is 0 Å². The van der Waals surface area contributed by atoms with Gasteiger partial charge >= 0.3 is 0 Å². The maximum Gasteiger partial charge on any atom is 0.165 e. The summed E-state index contributed by atoms with van der Waals surface area (Å²) < 4.78 is 18.5. The second-order valence-corrected chi connectivity index (χ2v) is 3.90. The Labute approximate surface area is 93.9 Å². The summed E-state index contributed by atoms with van der Waals surface area (Å²) in [5.41, 5.74) is 11.6. The van der Waals surface area contributed by atoms with E-state index >= 15 is 0 Å². The minimum absolute atomic E-state index is 0.00142. The van der Waals surface area contributed by atoms with E-state index in [9.17, 15) is 4.39 Å². The quantitative estimate of drug-likeness (QED) is 0.707. The van der Waals surface area contributed by atoms with Crippen molar-refractivity contribution in [3.05, 3.63) is 30.1 Å². The zero-order chi connectivity index (χ0) is 11.4. The predicted molar refractivity (Wildman–Crippen MR) is 59.2 cm³/mol. The lowest BCUT2D eigenvalue weighted by atomic mass is 10.1. The van der Waals surface area contributed by atoms with Crippen LogP contribution in [0.1, 0.15) is 12.8 Å². The number of ether oxygens (including phenoxy) is 1. The number of halogens is 1. The van der Waals surface area contributed by atoms with Gasteiger partial charge in [0.2, 0.25) is 0 Å². The molecule has 4 nitrogen and oxygen atoms in total. The predicted octanol–water partition coefficient (Wildman–Crippen LogP) is 0.746. The van der Waals surface area contributed by atoms with Crippen molar-refractivity contribution in [1.82, 2.24) is 10.9 Å². The summed E-state index contributed by atoms with van der Waals surface area (Å²) >= 11 is 0. The molecular formula is C11H16FN3O. The number of nitrogens with one attached hydrogen (secondary N) is 2. The first-order valence-corrected chi connectivity index (χ1v) is 5.39. The van der Waals surface area contributed by atoms with Crippen LogP contribution in [-0.4, -0.2) is 18.8 Å². The summed E-state index contributed by atoms with van der Waals surface area (Å²) in [6.45, 7) is 0.479. The Balaban J connectivity index is 1.74. The molecule has 2 unspecified atom stereocenters. The molecule has 16 heavy (non-hydrogen) atoms. The summed E-state index contributed by atoms with van der Waals surface area (Å²) in [7, 11) is 0. The van der Waals surface area contributed by atoms with Gasteiger partial charge in [0.05, 0.1) is 12.8 Å². The molecule has 1 aliphatic heterocycles. The summed E-state index contributed by atoms with van der Waals surface area (Å²) in [6.07, 6.45) is 1.66. The van der Waals surface area contributed by atoms with Crippen LogP contribution in [0.15, 0.2) is 24.3 Å². The zero-order valence-corrected chi connectivity index (χ0v) is 8.95. The van der Waals surface area contributed by atoms with Gasteiger partial charge in [-0.3, -0.25) is 5.43 Å². The van der Waals surface area contributed by atoms with E-state index in [2.05, 4.69) is 10.9 Å². The van der Waals surface area contributed by atoms with Gasteiger partial charge in [-0.1, -0.05) is 12.1 Å². The van der Waals surface area contributed by atoms with E-state index in [1.54, 1.807) is 18.2 Å². The molecule has 5 heteroatoms. The monoisotopic (exact) mass is 225 g/mol. The Morgan fingerprint density at radius 2 is 2.19 bits per heavy atom. The molecule has 4 N–H and O–H groups in total. The third kappa shape index (κ3) is 2.91. The summed E-state index contributed by atoms with van der Waals surface area (Å²) in [5, 5.41) is 0. The molecule has 1 heterocycles. The molecule has 88 valence electrons. The van der Waals surface area contributed by atoms with Gasteiger partial charge in [-0.25, -0.2) is 9.82 Å². The lowest BCUT2D eigenvalue weighted by Crippen LogP contribution is -2.37. The standard InChI is InChI=1S/C11H16FN3O/c12-9-3-1-2-4-10(9)16-6-5-8-7-11(13)15-14-8/h1-4,8,11,14-15H,5-7,13H2. The molecule has 1 aromatic carbocycles. The SMILES string of the molecule is NC1CC(CCOc2ccccc2F)NN1. The van der Waals surface area contributed by atoms with Gasteiger partial charge in [-0.15, -0.1) is 0 Å². The Bertz CT molecular complexity index is 348. The topological polar surface area (TPSA) is 59.3 Å². The van der Waals surface area contributed by atoms with Crippen molar-refractivity contribution in [3.63, 3.8) is 0 Å². The number of nitrogens with two attached hydrogens (primary N) is 1. The van der Waals surface area contributed by atoms with E-state index in [4.69, 9.17) is 10.5 Å². The molecule has 0 spiro atoms. The van der Waals surface area contributed by atoms with Gasteiger partial charge in [0.1, 0.15) is 0 Å². The molecule has 1 fully saturated rings. The Kier molecular flexibility index (Phi) is 3.71. The number of para-hydroxylation sites is 1. The molecule has 0 bridgehead atoms. The molecule has 0 radical (unpaired) electrons. The fourth-order valence-electron chi connectivity index (χ4n) is 1.71. The third-order valence-corrected chi connectivity index (χ3v) is 2.57. The zero-order valence-electron chi connectivity index (χ0n) is 8.95. The largest absolute Gasteiger partial charge is 0.490 e. The van der Waals surface area contributed by atoms with E-state index in [0.717, 1.165) is 12.8 Å². The number of hydrogen-bond acceptors (Lipinski definition) is 4. The maximum absolute atomic E-state index is 13.2. The molecule has 1 aliphatic rings. The van der Waals surface area contributed by atoms with Crippen molar-refractivity contribution >= 4 is 0 Å². The van der Waals surface area contributed by atoms with E-state index in [1.165, 1.54) is 6.07 Å². The van der Waals surface area contributed by atoms with Crippen LogP contribution in [-0.2, 0) is 0 Å². The van der Waals surface area contributed by atoms with Crippen LogP contribution in [0, 0.1) is 5.82 Å². The molecule has 0 aromatic heterocycles. The smallest absolute Gasteiger partial charge is 0.165 e. The van der Waals surface area contributed by atoms with Crippen LogP contribution in [0.25, 0.3) is 0 Å². The second kappa shape index (κ2) is 5.25. The summed E-state index contributed by atoms with van der Waals surface area (Å²) in [6, 6.07) is 6.71. The number of rotatable bonds is 4. The molecule has 0 amide bonds. The van der Waals surface area contributed by atoms with Gasteiger partial charge in [0.15, 0.2) is 11.6 Å². The molecule has 2 atom stereocenters. The van der Waals surface area contributed by atoms with Crippen LogP contribution in [0.2, 0.25) is 0 Å². The lowest BCUT2D eigenvalue weighted by Gasteiger charge is -2.10. The molecule has 2 rings (SSSR count). The summed E-state index contributed by atoms with van der Waals surface area (Å²) in [4.78, 5) is 0. The summed E-state index contributed by atoms with van der Waals surface area (Å²) in [5.74, 6) is -0.0190. The van der Waals surface area contributed by atoms with E-state index in [0.29, 0.717) is 18.4 Å². The Morgan fingerprint density at radius 3 is 2.88 bits per heavy atom. The number of hydrogen-bond donors (Lipinski definition) is 3. The van der Waals surface area contributed by atoms with Crippen LogP contribution in [0.3, 0.4) is 0 Å². The highest BCUT2D eigenvalue weighted by Gasteiger charge is 2.20.